The Kier molecular flexibility index (Phi) is 6.27. The standard InChI is InChI=1S/C25H27N7O.CHN/c1-17-16-32-23(28-24(17)30-11-4-5-12-30)14-21(29-32)22-6-2-3-13-31(22)25(33)20-8-7-18-15-26-10-9-19(18)27-20;1-2/h7-10,14-16,22H,2-6,11-13H2,1H3;1H. The van der Waals surface area contributed by atoms with Crippen LogP contribution in [0.3, 0.4) is 0 Å². The summed E-state index contributed by atoms with van der Waals surface area (Å²) in [6.45, 7) is 8.42. The van der Waals surface area contributed by atoms with Gasteiger partial charge in [-0.2, -0.15) is 5.10 Å². The largest absolute Gasteiger partial charge is 0.356 e. The van der Waals surface area contributed by atoms with Crippen molar-refractivity contribution in [2.75, 3.05) is 24.5 Å². The van der Waals surface area contributed by atoms with Crippen LogP contribution in [0.15, 0.2) is 42.9 Å². The van der Waals surface area contributed by atoms with Crippen molar-refractivity contribution in [1.29, 1.82) is 5.26 Å². The van der Waals surface area contributed by atoms with Gasteiger partial charge in [0.15, 0.2) is 5.65 Å². The molecule has 6 rings (SSSR count). The molecular formula is C26H28N8O. The van der Waals surface area contributed by atoms with E-state index in [2.05, 4.69) is 40.6 Å². The first-order chi connectivity index (χ1) is 17.2. The Balaban J connectivity index is 0.00000124. The van der Waals surface area contributed by atoms with Crippen LogP contribution in [0.2, 0.25) is 0 Å². The van der Waals surface area contributed by atoms with Gasteiger partial charge in [-0.05, 0) is 57.2 Å². The van der Waals surface area contributed by atoms with Crippen molar-refractivity contribution >= 4 is 28.3 Å². The second kappa shape index (κ2) is 9.66. The molecule has 2 fully saturated rings. The number of amides is 1. The minimum absolute atomic E-state index is 0.0441. The number of hydrogen-bond acceptors (Lipinski definition) is 7. The lowest BCUT2D eigenvalue weighted by Gasteiger charge is -2.34. The lowest BCUT2D eigenvalue weighted by molar-refractivity contribution is 0.0600. The molecule has 0 saturated carbocycles. The van der Waals surface area contributed by atoms with Crippen LogP contribution >= 0.6 is 0 Å². The number of likely N-dealkylation sites (tertiary alicyclic amines) is 1. The summed E-state index contributed by atoms with van der Waals surface area (Å²) in [5, 5.41) is 12.3. The first-order valence-corrected chi connectivity index (χ1v) is 12.1. The molecular weight excluding hydrogens is 440 g/mol. The van der Waals surface area contributed by atoms with Gasteiger partial charge in [-0.25, -0.2) is 19.7 Å². The van der Waals surface area contributed by atoms with Crippen LogP contribution in [0.25, 0.3) is 16.6 Å². The Bertz CT molecular complexity index is 1390. The minimum atomic E-state index is -0.0709. The first kappa shape index (κ1) is 22.7. The summed E-state index contributed by atoms with van der Waals surface area (Å²) in [4.78, 5) is 31.5. The quantitative estimate of drug-likeness (QED) is 0.446. The summed E-state index contributed by atoms with van der Waals surface area (Å²) in [7, 11) is 0. The molecule has 0 bridgehead atoms. The van der Waals surface area contributed by atoms with E-state index in [0.29, 0.717) is 12.2 Å². The fourth-order valence-electron chi connectivity index (χ4n) is 5.14. The predicted octanol–water partition coefficient (Wildman–Crippen LogP) is 4.09. The maximum Gasteiger partial charge on any atom is 0.273 e. The third-order valence-electron chi connectivity index (χ3n) is 6.84. The smallest absolute Gasteiger partial charge is 0.273 e. The highest BCUT2D eigenvalue weighted by atomic mass is 16.2. The molecule has 9 heteroatoms. The zero-order valence-corrected chi connectivity index (χ0v) is 19.8. The van der Waals surface area contributed by atoms with Crippen LogP contribution in [0, 0.1) is 18.8 Å². The number of pyridine rings is 2. The SMILES string of the molecule is C#N.Cc1cn2nc(C3CCCCN3C(=O)c3ccc4cnccc4n3)cc2nc1N1CCCC1. The minimum Gasteiger partial charge on any atom is -0.356 e. The maximum atomic E-state index is 13.5. The number of rotatable bonds is 3. The second-order valence-corrected chi connectivity index (χ2v) is 9.09. The normalized spacial score (nSPS) is 18.0. The molecule has 0 radical (unpaired) electrons. The van der Waals surface area contributed by atoms with Crippen molar-refractivity contribution in [3.8, 4) is 6.57 Å². The number of fused-ring (bicyclic) bond motifs is 2. The molecule has 0 N–H and O–H groups in total. The number of aryl methyl sites for hydroxylation is 1. The Morgan fingerprint density at radius 2 is 1.86 bits per heavy atom. The molecule has 0 aromatic carbocycles. The third kappa shape index (κ3) is 4.28. The molecule has 0 spiro atoms. The Morgan fingerprint density at radius 3 is 2.69 bits per heavy atom. The van der Waals surface area contributed by atoms with Crippen molar-refractivity contribution in [2.24, 2.45) is 0 Å². The predicted molar refractivity (Wildman–Crippen MR) is 133 cm³/mol. The number of aromatic nitrogens is 5. The molecule has 4 aromatic heterocycles. The molecule has 1 unspecified atom stereocenters. The second-order valence-electron chi connectivity index (χ2n) is 9.09. The summed E-state index contributed by atoms with van der Waals surface area (Å²) in [5.41, 5.74) is 4.12. The molecule has 35 heavy (non-hydrogen) atoms. The van der Waals surface area contributed by atoms with Crippen molar-refractivity contribution in [3.05, 3.63) is 59.8 Å². The molecule has 2 aliphatic rings. The van der Waals surface area contributed by atoms with Gasteiger partial charge in [0, 0.05) is 61.8 Å². The summed E-state index contributed by atoms with van der Waals surface area (Å²) < 4.78 is 1.86. The molecule has 4 aromatic rings. The van der Waals surface area contributed by atoms with Gasteiger partial charge in [-0.15, -0.1) is 0 Å². The summed E-state index contributed by atoms with van der Waals surface area (Å²) in [6.07, 6.45) is 10.9. The van der Waals surface area contributed by atoms with E-state index in [1.165, 1.54) is 12.8 Å². The van der Waals surface area contributed by atoms with Crippen molar-refractivity contribution in [2.45, 2.75) is 45.1 Å². The number of hydrogen-bond donors (Lipinski definition) is 0. The van der Waals surface area contributed by atoms with E-state index >= 15 is 0 Å². The van der Waals surface area contributed by atoms with Gasteiger partial charge < -0.3 is 9.80 Å². The molecule has 178 valence electrons. The number of carbonyl (C=O) groups is 1. The van der Waals surface area contributed by atoms with Crippen LogP contribution in [0.4, 0.5) is 5.82 Å². The Labute approximate surface area is 204 Å². The van der Waals surface area contributed by atoms with E-state index in [9.17, 15) is 4.79 Å². The lowest BCUT2D eigenvalue weighted by atomic mass is 9.99. The van der Waals surface area contributed by atoms with Gasteiger partial charge in [0.25, 0.3) is 5.91 Å². The molecule has 6 heterocycles. The molecule has 1 amide bonds. The van der Waals surface area contributed by atoms with Crippen LogP contribution < -0.4 is 4.90 Å². The number of anilines is 1. The fraction of sp³-hybridized carbons (Fsp3) is 0.385. The highest BCUT2D eigenvalue weighted by Crippen LogP contribution is 2.32. The molecule has 0 aliphatic carbocycles. The van der Waals surface area contributed by atoms with Crippen molar-refractivity contribution in [1.82, 2.24) is 29.5 Å². The Hall–Kier alpha value is -4.06. The average molecular weight is 469 g/mol. The van der Waals surface area contributed by atoms with Crippen LogP contribution in [-0.2, 0) is 0 Å². The number of nitriles is 1. The topological polar surface area (TPSA) is 103 Å². The van der Waals surface area contributed by atoms with Gasteiger partial charge in [-0.3, -0.25) is 9.78 Å². The van der Waals surface area contributed by atoms with Gasteiger partial charge >= 0.3 is 0 Å². The molecule has 2 saturated heterocycles. The summed E-state index contributed by atoms with van der Waals surface area (Å²) >= 11 is 0. The van der Waals surface area contributed by atoms with Gasteiger partial charge in [0.1, 0.15) is 11.5 Å². The highest BCUT2D eigenvalue weighted by molar-refractivity contribution is 5.95. The van der Waals surface area contributed by atoms with E-state index in [1.54, 1.807) is 18.5 Å². The highest BCUT2D eigenvalue weighted by Gasteiger charge is 2.31. The van der Waals surface area contributed by atoms with E-state index < -0.39 is 0 Å². The zero-order valence-electron chi connectivity index (χ0n) is 19.8. The van der Waals surface area contributed by atoms with Crippen molar-refractivity contribution in [3.63, 3.8) is 0 Å². The number of piperidine rings is 1. The van der Waals surface area contributed by atoms with E-state index in [0.717, 1.165) is 66.0 Å². The van der Waals surface area contributed by atoms with Crippen LogP contribution in [0.1, 0.15) is 59.9 Å². The van der Waals surface area contributed by atoms with Gasteiger partial charge in [0.2, 0.25) is 0 Å². The zero-order chi connectivity index (χ0) is 24.4. The molecule has 2 aliphatic heterocycles. The third-order valence-corrected chi connectivity index (χ3v) is 6.84. The number of carbonyl (C=O) groups excluding carboxylic acids is 1. The molecule has 1 atom stereocenters. The maximum absolute atomic E-state index is 13.5. The number of nitrogens with zero attached hydrogens (tertiary/aromatic N) is 8. The summed E-state index contributed by atoms with van der Waals surface area (Å²) in [6, 6.07) is 7.54. The van der Waals surface area contributed by atoms with Gasteiger partial charge in [-0.1, -0.05) is 0 Å². The van der Waals surface area contributed by atoms with E-state index in [1.807, 2.05) is 21.5 Å². The van der Waals surface area contributed by atoms with E-state index in [4.69, 9.17) is 15.3 Å². The van der Waals surface area contributed by atoms with E-state index in [-0.39, 0.29) is 11.9 Å². The molecule has 9 nitrogen and oxygen atoms in total. The fourth-order valence-corrected chi connectivity index (χ4v) is 5.14. The monoisotopic (exact) mass is 468 g/mol. The van der Waals surface area contributed by atoms with Crippen molar-refractivity contribution < 1.29 is 4.79 Å². The first-order valence-electron chi connectivity index (χ1n) is 12.1. The average Bonchev–Trinajstić information content (AvgIpc) is 3.59. The Morgan fingerprint density at radius 1 is 1.06 bits per heavy atom. The van der Waals surface area contributed by atoms with Gasteiger partial charge in [0.05, 0.1) is 17.3 Å². The lowest BCUT2D eigenvalue weighted by Crippen LogP contribution is -2.39. The summed E-state index contributed by atoms with van der Waals surface area (Å²) in [5.74, 6) is 1.01. The van der Waals surface area contributed by atoms with Crippen LogP contribution in [0.5, 0.6) is 0 Å². The van der Waals surface area contributed by atoms with Crippen LogP contribution in [-0.4, -0.2) is 55.0 Å².